The van der Waals surface area contributed by atoms with E-state index < -0.39 is 0 Å². The van der Waals surface area contributed by atoms with Crippen molar-refractivity contribution < 1.29 is 0 Å². The third-order valence-corrected chi connectivity index (χ3v) is 3.33. The second kappa shape index (κ2) is 5.71. The van der Waals surface area contributed by atoms with Crippen LogP contribution < -0.4 is 5.32 Å². The van der Waals surface area contributed by atoms with Gasteiger partial charge in [-0.3, -0.25) is 0 Å². The number of hydrogen-bond acceptors (Lipinski definition) is 2. The van der Waals surface area contributed by atoms with Crippen LogP contribution in [-0.2, 0) is 0 Å². The van der Waals surface area contributed by atoms with Crippen LogP contribution in [0, 0.1) is 11.3 Å². The molecule has 1 saturated heterocycles. The summed E-state index contributed by atoms with van der Waals surface area (Å²) in [5.41, 5.74) is 0.707. The molecule has 0 bridgehead atoms. The molecule has 1 heterocycles. The Kier molecular flexibility index (Phi) is 5.03. The van der Waals surface area contributed by atoms with Crippen molar-refractivity contribution in [3.8, 4) is 0 Å². The second-order valence-corrected chi connectivity index (χ2v) is 7.91. The summed E-state index contributed by atoms with van der Waals surface area (Å²) in [5.74, 6) is 0.880. The summed E-state index contributed by atoms with van der Waals surface area (Å²) in [6, 6.07) is 0. The molecule has 0 saturated carbocycles. The normalized spacial score (nSPS) is 20.8. The van der Waals surface area contributed by atoms with Crippen LogP contribution in [-0.4, -0.2) is 36.6 Å². The molecule has 0 amide bonds. The average Bonchev–Trinajstić information content (AvgIpc) is 2.13. The Morgan fingerprint density at radius 3 is 1.94 bits per heavy atom. The first kappa shape index (κ1) is 15.0. The minimum absolute atomic E-state index is 0.266. The van der Waals surface area contributed by atoms with E-state index in [9.17, 15) is 0 Å². The highest BCUT2D eigenvalue weighted by Gasteiger charge is 2.23. The maximum Gasteiger partial charge on any atom is 0.00966 e. The van der Waals surface area contributed by atoms with E-state index in [4.69, 9.17) is 0 Å². The van der Waals surface area contributed by atoms with Crippen molar-refractivity contribution in [3.63, 3.8) is 0 Å². The first-order valence-corrected chi connectivity index (χ1v) is 7.13. The van der Waals surface area contributed by atoms with Gasteiger partial charge in [-0.1, -0.05) is 20.8 Å². The molecule has 2 nitrogen and oxygen atoms in total. The molecular formula is C15H32N2. The fourth-order valence-electron chi connectivity index (χ4n) is 2.47. The Bertz CT molecular complexity index is 214. The summed E-state index contributed by atoms with van der Waals surface area (Å²) in [5, 5.41) is 3.64. The number of nitrogens with one attached hydrogen (secondary N) is 1. The van der Waals surface area contributed by atoms with Gasteiger partial charge in [0.1, 0.15) is 0 Å². The highest BCUT2D eigenvalue weighted by molar-refractivity contribution is 4.79. The van der Waals surface area contributed by atoms with Crippen molar-refractivity contribution in [3.05, 3.63) is 0 Å². The van der Waals surface area contributed by atoms with Gasteiger partial charge in [-0.25, -0.2) is 0 Å². The first-order valence-electron chi connectivity index (χ1n) is 7.13. The van der Waals surface area contributed by atoms with Gasteiger partial charge in [0.15, 0.2) is 0 Å². The zero-order valence-electron chi connectivity index (χ0n) is 12.8. The smallest absolute Gasteiger partial charge is 0.00966 e. The lowest BCUT2D eigenvalue weighted by atomic mass is 9.91. The Morgan fingerprint density at radius 2 is 1.53 bits per heavy atom. The minimum Gasteiger partial charge on any atom is -0.312 e. The predicted octanol–water partition coefficient (Wildman–Crippen LogP) is 3.13. The maximum absolute atomic E-state index is 3.64. The van der Waals surface area contributed by atoms with Gasteiger partial charge in [0.05, 0.1) is 0 Å². The van der Waals surface area contributed by atoms with Gasteiger partial charge >= 0.3 is 0 Å². The fourth-order valence-corrected chi connectivity index (χ4v) is 2.47. The molecular weight excluding hydrogens is 208 g/mol. The molecule has 1 rings (SSSR count). The highest BCUT2D eigenvalue weighted by atomic mass is 15.1. The summed E-state index contributed by atoms with van der Waals surface area (Å²) in [6.45, 7) is 18.8. The van der Waals surface area contributed by atoms with Crippen LogP contribution in [0.5, 0.6) is 0 Å². The summed E-state index contributed by atoms with van der Waals surface area (Å²) >= 11 is 0. The Morgan fingerprint density at radius 1 is 1.00 bits per heavy atom. The highest BCUT2D eigenvalue weighted by Crippen LogP contribution is 2.22. The zero-order chi connectivity index (χ0) is 13.1. The third kappa shape index (κ3) is 7.05. The van der Waals surface area contributed by atoms with Gasteiger partial charge in [0, 0.05) is 12.1 Å². The maximum atomic E-state index is 3.64. The zero-order valence-corrected chi connectivity index (χ0v) is 12.8. The lowest BCUT2D eigenvalue weighted by Crippen LogP contribution is -2.44. The molecule has 1 aliphatic rings. The number of nitrogens with zero attached hydrogens (tertiary/aromatic N) is 1. The van der Waals surface area contributed by atoms with E-state index in [0.29, 0.717) is 5.41 Å². The fraction of sp³-hybridized carbons (Fsp3) is 1.00. The lowest BCUT2D eigenvalue weighted by Gasteiger charge is -2.36. The van der Waals surface area contributed by atoms with Crippen LogP contribution in [0.4, 0.5) is 0 Å². The standard InChI is InChI=1S/C15H32N2/c1-14(2,3)12-17-9-7-13(8-10-17)11-16-15(4,5)6/h13,16H,7-12H2,1-6H3. The SMILES string of the molecule is CC(C)(C)CN1CCC(CNC(C)(C)C)CC1. The van der Waals surface area contributed by atoms with Crippen LogP contribution in [0.25, 0.3) is 0 Å². The van der Waals surface area contributed by atoms with Gasteiger partial charge in [-0.05, 0) is 64.6 Å². The van der Waals surface area contributed by atoms with Crippen molar-refractivity contribution in [2.75, 3.05) is 26.2 Å². The molecule has 0 unspecified atom stereocenters. The molecule has 0 aromatic heterocycles. The van der Waals surface area contributed by atoms with Crippen LogP contribution >= 0.6 is 0 Å². The molecule has 1 fully saturated rings. The average molecular weight is 240 g/mol. The topological polar surface area (TPSA) is 15.3 Å². The predicted molar refractivity (Wildman–Crippen MR) is 76.4 cm³/mol. The Labute approximate surface area is 108 Å². The molecule has 0 atom stereocenters. The number of rotatable bonds is 3. The van der Waals surface area contributed by atoms with E-state index in [1.165, 1.54) is 39.0 Å². The van der Waals surface area contributed by atoms with E-state index in [-0.39, 0.29) is 5.54 Å². The lowest BCUT2D eigenvalue weighted by molar-refractivity contribution is 0.133. The number of hydrogen-bond donors (Lipinski definition) is 1. The molecule has 17 heavy (non-hydrogen) atoms. The van der Waals surface area contributed by atoms with Crippen LogP contribution in [0.3, 0.4) is 0 Å². The number of piperidine rings is 1. The van der Waals surface area contributed by atoms with Crippen LogP contribution in [0.1, 0.15) is 54.4 Å². The van der Waals surface area contributed by atoms with E-state index >= 15 is 0 Å². The molecule has 0 aliphatic carbocycles. The molecule has 1 N–H and O–H groups in total. The summed E-state index contributed by atoms with van der Waals surface area (Å²) < 4.78 is 0. The van der Waals surface area contributed by atoms with E-state index in [1.807, 2.05) is 0 Å². The summed E-state index contributed by atoms with van der Waals surface area (Å²) in [6.07, 6.45) is 2.72. The van der Waals surface area contributed by atoms with Gasteiger partial charge in [0.25, 0.3) is 0 Å². The molecule has 2 heteroatoms. The largest absolute Gasteiger partial charge is 0.312 e. The molecule has 0 aromatic carbocycles. The van der Waals surface area contributed by atoms with E-state index in [2.05, 4.69) is 51.8 Å². The quantitative estimate of drug-likeness (QED) is 0.815. The molecule has 0 radical (unpaired) electrons. The van der Waals surface area contributed by atoms with Gasteiger partial charge < -0.3 is 10.2 Å². The van der Waals surface area contributed by atoms with E-state index in [0.717, 1.165) is 5.92 Å². The monoisotopic (exact) mass is 240 g/mol. The van der Waals surface area contributed by atoms with E-state index in [1.54, 1.807) is 0 Å². The van der Waals surface area contributed by atoms with Gasteiger partial charge in [-0.2, -0.15) is 0 Å². The second-order valence-electron chi connectivity index (χ2n) is 7.91. The van der Waals surface area contributed by atoms with Crippen molar-refractivity contribution in [1.82, 2.24) is 10.2 Å². The Hall–Kier alpha value is -0.0800. The third-order valence-electron chi connectivity index (χ3n) is 3.33. The van der Waals surface area contributed by atoms with Crippen molar-refractivity contribution in [1.29, 1.82) is 0 Å². The molecule has 0 spiro atoms. The minimum atomic E-state index is 0.266. The van der Waals surface area contributed by atoms with Crippen molar-refractivity contribution in [2.24, 2.45) is 11.3 Å². The summed E-state index contributed by atoms with van der Waals surface area (Å²) in [4.78, 5) is 2.63. The van der Waals surface area contributed by atoms with Crippen LogP contribution in [0.15, 0.2) is 0 Å². The van der Waals surface area contributed by atoms with Crippen molar-refractivity contribution >= 4 is 0 Å². The van der Waals surface area contributed by atoms with Crippen LogP contribution in [0.2, 0.25) is 0 Å². The Balaban J connectivity index is 2.22. The van der Waals surface area contributed by atoms with Gasteiger partial charge in [-0.15, -0.1) is 0 Å². The molecule has 0 aromatic rings. The molecule has 102 valence electrons. The molecule has 1 aliphatic heterocycles. The van der Waals surface area contributed by atoms with Crippen molar-refractivity contribution in [2.45, 2.75) is 59.9 Å². The van der Waals surface area contributed by atoms with Gasteiger partial charge in [0.2, 0.25) is 0 Å². The number of likely N-dealkylation sites (tertiary alicyclic amines) is 1. The summed E-state index contributed by atoms with van der Waals surface area (Å²) in [7, 11) is 0. The first-order chi connectivity index (χ1) is 7.66.